The summed E-state index contributed by atoms with van der Waals surface area (Å²) in [6.45, 7) is 6.35. The first-order chi connectivity index (χ1) is 12.2. The number of carbonyl (C=O) groups excluding carboxylic acids is 1. The van der Waals surface area contributed by atoms with Crippen molar-refractivity contribution < 1.29 is 9.18 Å². The van der Waals surface area contributed by atoms with Crippen molar-refractivity contribution in [2.45, 2.75) is 33.1 Å². The van der Waals surface area contributed by atoms with Gasteiger partial charge in [-0.1, -0.05) is 32.0 Å². The first-order valence-electron chi connectivity index (χ1n) is 8.74. The smallest absolute Gasteiger partial charge is 0.270 e. The molecule has 134 valence electrons. The summed E-state index contributed by atoms with van der Waals surface area (Å²) in [5.41, 5.74) is 0.916. The van der Waals surface area contributed by atoms with Crippen LogP contribution in [0.4, 0.5) is 10.2 Å². The second kappa shape index (κ2) is 9.71. The highest BCUT2D eigenvalue weighted by molar-refractivity contribution is 5.92. The fourth-order valence-electron chi connectivity index (χ4n) is 2.63. The van der Waals surface area contributed by atoms with Crippen LogP contribution in [0, 0.1) is 5.82 Å². The summed E-state index contributed by atoms with van der Waals surface area (Å²) in [7, 11) is 0. The van der Waals surface area contributed by atoms with Gasteiger partial charge in [0.15, 0.2) is 0 Å². The molecule has 0 atom stereocenters. The Labute approximate surface area is 148 Å². The lowest BCUT2D eigenvalue weighted by molar-refractivity contribution is 0.0949. The number of nitrogens with one attached hydrogen (secondary N) is 1. The van der Waals surface area contributed by atoms with Crippen LogP contribution in [0.5, 0.6) is 0 Å². The van der Waals surface area contributed by atoms with Gasteiger partial charge in [0.05, 0.1) is 0 Å². The minimum atomic E-state index is -0.270. The summed E-state index contributed by atoms with van der Waals surface area (Å²) in [6, 6.07) is 8.29. The Balaban J connectivity index is 1.97. The van der Waals surface area contributed by atoms with Gasteiger partial charge in [-0.25, -0.2) is 14.4 Å². The summed E-state index contributed by atoms with van der Waals surface area (Å²) >= 11 is 0. The molecule has 0 aliphatic heterocycles. The Hall–Kier alpha value is -2.50. The number of carbonyl (C=O) groups is 1. The van der Waals surface area contributed by atoms with Crippen molar-refractivity contribution in [2.75, 3.05) is 24.5 Å². The molecule has 1 aromatic carbocycles. The topological polar surface area (TPSA) is 58.1 Å². The third-order valence-corrected chi connectivity index (χ3v) is 3.83. The van der Waals surface area contributed by atoms with Gasteiger partial charge in [-0.15, -0.1) is 0 Å². The number of rotatable bonds is 9. The molecule has 1 amide bonds. The van der Waals surface area contributed by atoms with Gasteiger partial charge in [0.25, 0.3) is 5.91 Å². The number of amides is 1. The maximum atomic E-state index is 13.6. The maximum Gasteiger partial charge on any atom is 0.270 e. The Morgan fingerprint density at radius 3 is 2.56 bits per heavy atom. The molecule has 1 aromatic heterocycles. The van der Waals surface area contributed by atoms with Crippen LogP contribution in [0.1, 0.15) is 42.7 Å². The highest BCUT2D eigenvalue weighted by Crippen LogP contribution is 2.12. The number of hydrogen-bond donors (Lipinski definition) is 1. The molecule has 0 unspecified atom stereocenters. The quantitative estimate of drug-likeness (QED) is 0.759. The molecule has 0 aliphatic carbocycles. The minimum absolute atomic E-state index is 0.254. The molecule has 1 heterocycles. The molecular formula is C19H25FN4O. The zero-order valence-corrected chi connectivity index (χ0v) is 14.8. The van der Waals surface area contributed by atoms with Crippen LogP contribution >= 0.6 is 0 Å². The van der Waals surface area contributed by atoms with Crippen LogP contribution in [-0.4, -0.2) is 35.5 Å². The van der Waals surface area contributed by atoms with E-state index in [0.717, 1.165) is 31.7 Å². The van der Waals surface area contributed by atoms with Gasteiger partial charge < -0.3 is 10.2 Å². The van der Waals surface area contributed by atoms with Gasteiger partial charge in [-0.2, -0.15) is 0 Å². The monoisotopic (exact) mass is 344 g/mol. The molecule has 0 spiro atoms. The molecule has 0 bridgehead atoms. The highest BCUT2D eigenvalue weighted by atomic mass is 19.1. The van der Waals surface area contributed by atoms with E-state index >= 15 is 0 Å². The second-order valence-electron chi connectivity index (χ2n) is 5.85. The summed E-state index contributed by atoms with van der Waals surface area (Å²) in [5.74, 6) is 0.238. The summed E-state index contributed by atoms with van der Waals surface area (Å²) in [4.78, 5) is 22.8. The summed E-state index contributed by atoms with van der Waals surface area (Å²) in [6.07, 6.45) is 3.87. The third-order valence-electron chi connectivity index (χ3n) is 3.83. The van der Waals surface area contributed by atoms with E-state index in [1.807, 2.05) is 0 Å². The molecule has 0 radical (unpaired) electrons. The van der Waals surface area contributed by atoms with Crippen LogP contribution in [0.2, 0.25) is 0 Å². The molecule has 0 saturated heterocycles. The average molecular weight is 344 g/mol. The molecule has 0 saturated carbocycles. The minimum Gasteiger partial charge on any atom is -0.357 e. The Kier molecular flexibility index (Phi) is 7.32. The molecule has 0 fully saturated rings. The Morgan fingerprint density at radius 2 is 1.88 bits per heavy atom. The van der Waals surface area contributed by atoms with E-state index in [1.165, 1.54) is 12.4 Å². The van der Waals surface area contributed by atoms with E-state index in [4.69, 9.17) is 0 Å². The van der Waals surface area contributed by atoms with Gasteiger partial charge in [-0.3, -0.25) is 4.79 Å². The molecule has 1 N–H and O–H groups in total. The number of halogens is 1. The zero-order valence-electron chi connectivity index (χ0n) is 14.8. The SMILES string of the molecule is CCCN(CCC)c1cc(C(=O)NCCc2ccccc2F)ncn1. The van der Waals surface area contributed by atoms with Crippen molar-refractivity contribution in [1.82, 2.24) is 15.3 Å². The molecule has 5 nitrogen and oxygen atoms in total. The third kappa shape index (κ3) is 5.52. The van der Waals surface area contributed by atoms with Crippen molar-refractivity contribution in [3.63, 3.8) is 0 Å². The number of benzene rings is 1. The van der Waals surface area contributed by atoms with Gasteiger partial charge >= 0.3 is 0 Å². The van der Waals surface area contributed by atoms with Crippen LogP contribution in [0.15, 0.2) is 36.7 Å². The fraction of sp³-hybridized carbons (Fsp3) is 0.421. The predicted octanol–water partition coefficient (Wildman–Crippen LogP) is 3.21. The van der Waals surface area contributed by atoms with Crippen molar-refractivity contribution in [3.05, 3.63) is 53.7 Å². The van der Waals surface area contributed by atoms with E-state index < -0.39 is 0 Å². The van der Waals surface area contributed by atoms with Crippen molar-refractivity contribution in [3.8, 4) is 0 Å². The Bertz CT molecular complexity index is 687. The lowest BCUT2D eigenvalue weighted by atomic mass is 10.1. The Morgan fingerprint density at radius 1 is 1.16 bits per heavy atom. The van der Waals surface area contributed by atoms with Gasteiger partial charge in [0.2, 0.25) is 0 Å². The first-order valence-corrected chi connectivity index (χ1v) is 8.74. The summed E-state index contributed by atoms with van der Waals surface area (Å²) in [5, 5.41) is 2.79. The lowest BCUT2D eigenvalue weighted by Gasteiger charge is -2.22. The fourth-order valence-corrected chi connectivity index (χ4v) is 2.63. The largest absolute Gasteiger partial charge is 0.357 e. The van der Waals surface area contributed by atoms with Crippen molar-refractivity contribution >= 4 is 11.7 Å². The predicted molar refractivity (Wildman–Crippen MR) is 97.3 cm³/mol. The number of anilines is 1. The van der Waals surface area contributed by atoms with Crippen LogP contribution in [0.3, 0.4) is 0 Å². The van der Waals surface area contributed by atoms with Crippen molar-refractivity contribution in [1.29, 1.82) is 0 Å². The van der Waals surface area contributed by atoms with E-state index in [9.17, 15) is 9.18 Å². The van der Waals surface area contributed by atoms with E-state index in [1.54, 1.807) is 24.3 Å². The summed E-state index contributed by atoms with van der Waals surface area (Å²) < 4.78 is 13.6. The van der Waals surface area contributed by atoms with Crippen LogP contribution in [0.25, 0.3) is 0 Å². The normalized spacial score (nSPS) is 10.5. The molecular weight excluding hydrogens is 319 g/mol. The molecule has 2 rings (SSSR count). The maximum absolute atomic E-state index is 13.6. The van der Waals surface area contributed by atoms with Crippen molar-refractivity contribution in [2.24, 2.45) is 0 Å². The number of hydrogen-bond acceptors (Lipinski definition) is 4. The van der Waals surface area contributed by atoms with E-state index in [-0.39, 0.29) is 11.7 Å². The molecule has 2 aromatic rings. The van der Waals surface area contributed by atoms with Crippen LogP contribution in [-0.2, 0) is 6.42 Å². The first kappa shape index (κ1) is 18.8. The number of nitrogens with zero attached hydrogens (tertiary/aromatic N) is 3. The van der Waals surface area contributed by atoms with Gasteiger partial charge in [-0.05, 0) is 30.9 Å². The van der Waals surface area contributed by atoms with E-state index in [0.29, 0.717) is 24.2 Å². The van der Waals surface area contributed by atoms with E-state index in [2.05, 4.69) is 34.0 Å². The lowest BCUT2D eigenvalue weighted by Crippen LogP contribution is -2.29. The van der Waals surface area contributed by atoms with Crippen LogP contribution < -0.4 is 10.2 Å². The van der Waals surface area contributed by atoms with Gasteiger partial charge in [0.1, 0.15) is 23.7 Å². The molecule has 0 aliphatic rings. The zero-order chi connectivity index (χ0) is 18.1. The van der Waals surface area contributed by atoms with Gasteiger partial charge in [0, 0.05) is 25.7 Å². The molecule has 6 heteroatoms. The standard InChI is InChI=1S/C19H25FN4O/c1-3-11-24(12-4-2)18-13-17(22-14-23-18)19(25)21-10-9-15-7-5-6-8-16(15)20/h5-8,13-14H,3-4,9-12H2,1-2H3,(H,21,25). The number of aromatic nitrogens is 2. The molecule has 25 heavy (non-hydrogen) atoms. The highest BCUT2D eigenvalue weighted by Gasteiger charge is 2.12. The second-order valence-corrected chi connectivity index (χ2v) is 5.85. The average Bonchev–Trinajstić information content (AvgIpc) is 2.63.